The molecule has 1 aliphatic heterocycles. The molecule has 0 aliphatic carbocycles. The molecule has 3 N–H and O–H groups in total. The second kappa shape index (κ2) is 6.81. The molecule has 2 aromatic carbocycles. The molecule has 1 aliphatic rings. The van der Waals surface area contributed by atoms with Gasteiger partial charge in [-0.1, -0.05) is 36.4 Å². The molecule has 3 rings (SSSR count). The van der Waals surface area contributed by atoms with Gasteiger partial charge in [0, 0.05) is 44.0 Å². The number of aromatic hydroxyl groups is 1. The lowest BCUT2D eigenvalue weighted by Gasteiger charge is -2.40. The Bertz CT molecular complexity index is 594. The molecule has 1 unspecified atom stereocenters. The summed E-state index contributed by atoms with van der Waals surface area (Å²) in [5, 5.41) is 10.1. The van der Waals surface area contributed by atoms with Crippen molar-refractivity contribution in [3.8, 4) is 5.75 Å². The molecule has 0 aromatic heterocycles. The zero-order valence-corrected chi connectivity index (χ0v) is 12.7. The smallest absolute Gasteiger partial charge is 0.120 e. The number of phenolic OH excluding ortho intramolecular Hbond substituents is 1. The molecule has 0 amide bonds. The summed E-state index contributed by atoms with van der Waals surface area (Å²) in [5.41, 5.74) is 8.18. The normalized spacial score (nSPS) is 17.4. The molecule has 4 heteroatoms. The van der Waals surface area contributed by atoms with Gasteiger partial charge in [-0.25, -0.2) is 0 Å². The van der Waals surface area contributed by atoms with E-state index in [9.17, 15) is 5.11 Å². The lowest BCUT2D eigenvalue weighted by atomic mass is 10.0. The van der Waals surface area contributed by atoms with Gasteiger partial charge in [0.05, 0.1) is 6.04 Å². The molecule has 22 heavy (non-hydrogen) atoms. The van der Waals surface area contributed by atoms with Crippen molar-refractivity contribution in [3.05, 3.63) is 60.2 Å². The van der Waals surface area contributed by atoms with Crippen LogP contribution in [0.3, 0.4) is 0 Å². The second-order valence-corrected chi connectivity index (χ2v) is 5.67. The molecule has 1 atom stereocenters. The van der Waals surface area contributed by atoms with Crippen LogP contribution in [0.2, 0.25) is 0 Å². The number of benzene rings is 2. The summed E-state index contributed by atoms with van der Waals surface area (Å²) in [4.78, 5) is 4.77. The molecule has 1 fully saturated rings. The van der Waals surface area contributed by atoms with Crippen LogP contribution in [0.1, 0.15) is 11.6 Å². The monoisotopic (exact) mass is 297 g/mol. The van der Waals surface area contributed by atoms with E-state index in [2.05, 4.69) is 34.1 Å². The molecule has 0 saturated carbocycles. The molecule has 116 valence electrons. The third-order valence-corrected chi connectivity index (χ3v) is 4.40. The number of rotatable bonds is 4. The average molecular weight is 297 g/mol. The van der Waals surface area contributed by atoms with Crippen LogP contribution in [-0.4, -0.2) is 42.7 Å². The number of phenols is 1. The van der Waals surface area contributed by atoms with Gasteiger partial charge in [-0.15, -0.1) is 0 Å². The van der Waals surface area contributed by atoms with E-state index in [1.165, 1.54) is 5.69 Å². The molecule has 1 saturated heterocycles. The molecular formula is C18H23N3O. The van der Waals surface area contributed by atoms with Crippen LogP contribution in [0.15, 0.2) is 54.6 Å². The first kappa shape index (κ1) is 14.9. The van der Waals surface area contributed by atoms with Gasteiger partial charge in [0.2, 0.25) is 0 Å². The second-order valence-electron chi connectivity index (χ2n) is 5.67. The number of piperazine rings is 1. The Morgan fingerprint density at radius 2 is 1.55 bits per heavy atom. The van der Waals surface area contributed by atoms with E-state index in [-0.39, 0.29) is 6.04 Å². The summed E-state index contributed by atoms with van der Waals surface area (Å²) in [6, 6.07) is 18.1. The molecule has 2 aromatic rings. The van der Waals surface area contributed by atoms with E-state index in [0.717, 1.165) is 31.7 Å². The molecule has 0 radical (unpaired) electrons. The number of hydrogen-bond donors (Lipinski definition) is 2. The minimum atomic E-state index is 0.0825. The molecule has 0 bridgehead atoms. The fraction of sp³-hybridized carbons (Fsp3) is 0.333. The largest absolute Gasteiger partial charge is 0.508 e. The summed E-state index contributed by atoms with van der Waals surface area (Å²) in [6.07, 6.45) is 0. The lowest BCUT2D eigenvalue weighted by molar-refractivity contribution is 0.187. The quantitative estimate of drug-likeness (QED) is 0.908. The van der Waals surface area contributed by atoms with E-state index >= 15 is 0 Å². The van der Waals surface area contributed by atoms with E-state index in [1.54, 1.807) is 6.07 Å². The van der Waals surface area contributed by atoms with Crippen molar-refractivity contribution in [2.75, 3.05) is 37.6 Å². The standard InChI is InChI=1S/C18H23N3O/c19-14-17(16-8-4-5-9-18(16)22)21-12-10-20(11-13-21)15-6-2-1-3-7-15/h1-9,17,22H,10-14,19H2. The van der Waals surface area contributed by atoms with Crippen molar-refractivity contribution in [2.24, 2.45) is 5.73 Å². The lowest BCUT2D eigenvalue weighted by Crippen LogP contribution is -2.49. The highest BCUT2D eigenvalue weighted by atomic mass is 16.3. The van der Waals surface area contributed by atoms with Gasteiger partial charge in [-0.05, 0) is 18.2 Å². The van der Waals surface area contributed by atoms with Gasteiger partial charge in [-0.3, -0.25) is 4.90 Å². The van der Waals surface area contributed by atoms with Gasteiger partial charge in [-0.2, -0.15) is 0 Å². The molecule has 0 spiro atoms. The summed E-state index contributed by atoms with van der Waals surface area (Å²) >= 11 is 0. The fourth-order valence-corrected chi connectivity index (χ4v) is 3.17. The molecular weight excluding hydrogens is 274 g/mol. The third-order valence-electron chi connectivity index (χ3n) is 4.40. The fourth-order valence-electron chi connectivity index (χ4n) is 3.17. The molecule has 1 heterocycles. The van der Waals surface area contributed by atoms with Crippen LogP contribution in [0.25, 0.3) is 0 Å². The van der Waals surface area contributed by atoms with Crippen LogP contribution in [0.4, 0.5) is 5.69 Å². The first-order valence-electron chi connectivity index (χ1n) is 7.81. The van der Waals surface area contributed by atoms with Crippen LogP contribution in [-0.2, 0) is 0 Å². The van der Waals surface area contributed by atoms with E-state index in [0.29, 0.717) is 12.3 Å². The number of anilines is 1. The SMILES string of the molecule is NCC(c1ccccc1O)N1CCN(c2ccccc2)CC1. The van der Waals surface area contributed by atoms with Gasteiger partial charge in [0.25, 0.3) is 0 Å². The van der Waals surface area contributed by atoms with Gasteiger partial charge >= 0.3 is 0 Å². The van der Waals surface area contributed by atoms with Crippen LogP contribution in [0.5, 0.6) is 5.75 Å². The Morgan fingerprint density at radius 3 is 2.18 bits per heavy atom. The van der Waals surface area contributed by atoms with Crippen molar-refractivity contribution < 1.29 is 5.11 Å². The topological polar surface area (TPSA) is 52.7 Å². The zero-order valence-electron chi connectivity index (χ0n) is 12.7. The highest BCUT2D eigenvalue weighted by molar-refractivity contribution is 5.46. The first-order valence-corrected chi connectivity index (χ1v) is 7.81. The summed E-state index contributed by atoms with van der Waals surface area (Å²) in [5.74, 6) is 0.337. The highest BCUT2D eigenvalue weighted by Gasteiger charge is 2.25. The zero-order chi connectivity index (χ0) is 15.4. The predicted octanol–water partition coefficient (Wildman–Crippen LogP) is 2.21. The third kappa shape index (κ3) is 3.08. The van der Waals surface area contributed by atoms with Crippen molar-refractivity contribution in [2.45, 2.75) is 6.04 Å². The Balaban J connectivity index is 1.68. The first-order chi connectivity index (χ1) is 10.8. The average Bonchev–Trinajstić information content (AvgIpc) is 2.59. The van der Waals surface area contributed by atoms with E-state index in [4.69, 9.17) is 5.73 Å². The Hall–Kier alpha value is -2.04. The van der Waals surface area contributed by atoms with Crippen molar-refractivity contribution in [3.63, 3.8) is 0 Å². The summed E-state index contributed by atoms with van der Waals surface area (Å²) in [7, 11) is 0. The maximum Gasteiger partial charge on any atom is 0.120 e. The van der Waals surface area contributed by atoms with Crippen LogP contribution >= 0.6 is 0 Å². The summed E-state index contributed by atoms with van der Waals surface area (Å²) in [6.45, 7) is 4.38. The van der Waals surface area contributed by atoms with Gasteiger partial charge < -0.3 is 15.7 Å². The Kier molecular flexibility index (Phi) is 4.61. The minimum absolute atomic E-state index is 0.0825. The predicted molar refractivity (Wildman–Crippen MR) is 90.1 cm³/mol. The van der Waals surface area contributed by atoms with Crippen molar-refractivity contribution >= 4 is 5.69 Å². The van der Waals surface area contributed by atoms with Gasteiger partial charge in [0.1, 0.15) is 5.75 Å². The Morgan fingerprint density at radius 1 is 0.909 bits per heavy atom. The van der Waals surface area contributed by atoms with E-state index in [1.807, 2.05) is 24.3 Å². The van der Waals surface area contributed by atoms with Crippen LogP contribution in [0, 0.1) is 0 Å². The maximum absolute atomic E-state index is 10.1. The minimum Gasteiger partial charge on any atom is -0.508 e. The number of nitrogens with zero attached hydrogens (tertiary/aromatic N) is 2. The number of para-hydroxylation sites is 2. The maximum atomic E-state index is 10.1. The Labute approximate surface area is 131 Å². The van der Waals surface area contributed by atoms with Crippen molar-refractivity contribution in [1.29, 1.82) is 0 Å². The highest BCUT2D eigenvalue weighted by Crippen LogP contribution is 2.29. The number of hydrogen-bond acceptors (Lipinski definition) is 4. The van der Waals surface area contributed by atoms with E-state index < -0.39 is 0 Å². The molecule has 4 nitrogen and oxygen atoms in total. The van der Waals surface area contributed by atoms with Gasteiger partial charge in [0.15, 0.2) is 0 Å². The van der Waals surface area contributed by atoms with Crippen LogP contribution < -0.4 is 10.6 Å². The number of nitrogens with two attached hydrogens (primary N) is 1. The van der Waals surface area contributed by atoms with Crippen molar-refractivity contribution in [1.82, 2.24) is 4.90 Å². The summed E-state index contributed by atoms with van der Waals surface area (Å²) < 4.78 is 0.